The molecule has 0 fully saturated rings. The van der Waals surface area contributed by atoms with Crippen LogP contribution in [0.1, 0.15) is 0 Å². The molecule has 0 heterocycles. The molecule has 0 N–H and O–H groups in total. The molecule has 0 saturated carbocycles. The molecule has 0 aliphatic heterocycles. The van der Waals surface area contributed by atoms with Gasteiger partial charge in [-0.25, -0.2) is 9.18 Å². The minimum Gasteiger partial charge on any atom is -0.277 e. The summed E-state index contributed by atoms with van der Waals surface area (Å²) in [4.78, 5) is 22.2. The van der Waals surface area contributed by atoms with Gasteiger partial charge in [0.2, 0.25) is 0 Å². The SMILES string of the molecule is O=NOC(=O)C(F)(F)C(F)(Cl)C(F)(F)Cl. The summed E-state index contributed by atoms with van der Waals surface area (Å²) in [6.07, 6.45) is 0. The minimum atomic E-state index is -5.55. The summed E-state index contributed by atoms with van der Waals surface area (Å²) in [5.74, 6) is -8.54. The molecule has 11 heteroatoms. The van der Waals surface area contributed by atoms with Gasteiger partial charge in [-0.2, -0.15) is 17.6 Å². The first-order valence-corrected chi connectivity index (χ1v) is 3.60. The van der Waals surface area contributed by atoms with Gasteiger partial charge in [0.05, 0.1) is 0 Å². The summed E-state index contributed by atoms with van der Waals surface area (Å²) < 4.78 is 61.8. The molecule has 0 spiro atoms. The average Bonchev–Trinajstić information content (AvgIpc) is 2.02. The van der Waals surface area contributed by atoms with Gasteiger partial charge >= 0.3 is 22.4 Å². The Kier molecular flexibility index (Phi) is 3.86. The second-order valence-corrected chi connectivity index (χ2v) is 3.10. The van der Waals surface area contributed by atoms with Crippen LogP contribution in [0.2, 0.25) is 0 Å². The number of carbonyl (C=O) groups is 1. The highest BCUT2D eigenvalue weighted by Gasteiger charge is 2.73. The third-order valence-electron chi connectivity index (χ3n) is 1.13. The van der Waals surface area contributed by atoms with Crippen molar-refractivity contribution in [1.82, 2.24) is 0 Å². The largest absolute Gasteiger partial charge is 0.412 e. The summed E-state index contributed by atoms with van der Waals surface area (Å²) in [7, 11) is 0. The first kappa shape index (κ1) is 14.3. The Hall–Kier alpha value is -0.700. The first-order chi connectivity index (χ1) is 6.48. The lowest BCUT2D eigenvalue weighted by Crippen LogP contribution is -2.55. The van der Waals surface area contributed by atoms with Crippen molar-refractivity contribution in [2.75, 3.05) is 0 Å². The van der Waals surface area contributed by atoms with E-state index in [1.54, 1.807) is 0 Å². The van der Waals surface area contributed by atoms with Crippen molar-refractivity contribution in [1.29, 1.82) is 0 Å². The van der Waals surface area contributed by atoms with Gasteiger partial charge in [-0.15, -0.1) is 4.91 Å². The van der Waals surface area contributed by atoms with Crippen LogP contribution in [0.25, 0.3) is 0 Å². The van der Waals surface area contributed by atoms with Gasteiger partial charge in [0.1, 0.15) is 0 Å². The molecule has 0 radical (unpaired) electrons. The normalized spacial score (nSPS) is 16.7. The average molecular weight is 276 g/mol. The molecule has 88 valence electrons. The van der Waals surface area contributed by atoms with E-state index in [2.05, 4.69) is 28.0 Å². The summed E-state index contributed by atoms with van der Waals surface area (Å²) in [5.41, 5.74) is 0. The third kappa shape index (κ3) is 2.46. The van der Waals surface area contributed by atoms with E-state index >= 15 is 0 Å². The number of hydrogen-bond acceptors (Lipinski definition) is 4. The summed E-state index contributed by atoms with van der Waals surface area (Å²) in [6.45, 7) is 0. The first-order valence-electron chi connectivity index (χ1n) is 2.85. The van der Waals surface area contributed by atoms with Crippen molar-refractivity contribution >= 4 is 29.2 Å². The maximum atomic E-state index is 12.6. The topological polar surface area (TPSA) is 55.7 Å². The Balaban J connectivity index is 5.18. The number of alkyl halides is 7. The van der Waals surface area contributed by atoms with Gasteiger partial charge < -0.3 is 0 Å². The van der Waals surface area contributed by atoms with Crippen molar-refractivity contribution in [3.63, 3.8) is 0 Å². The lowest BCUT2D eigenvalue weighted by atomic mass is 10.2. The van der Waals surface area contributed by atoms with Gasteiger partial charge in [-0.05, 0) is 11.6 Å². The lowest BCUT2D eigenvalue weighted by molar-refractivity contribution is -0.207. The molecule has 4 nitrogen and oxygen atoms in total. The maximum absolute atomic E-state index is 12.6. The predicted molar refractivity (Wildman–Crippen MR) is 37.3 cm³/mol. The van der Waals surface area contributed by atoms with Crippen LogP contribution in [0.5, 0.6) is 0 Å². The number of halogens is 7. The number of nitrogens with zero attached hydrogens (tertiary/aromatic N) is 1. The highest BCUT2D eigenvalue weighted by atomic mass is 35.5. The van der Waals surface area contributed by atoms with Crippen molar-refractivity contribution in [3.8, 4) is 0 Å². The molecule has 0 aromatic rings. The Bertz CT molecular complexity index is 278. The van der Waals surface area contributed by atoms with Crippen molar-refractivity contribution < 1.29 is 31.6 Å². The Morgan fingerprint density at radius 1 is 1.13 bits per heavy atom. The second kappa shape index (κ2) is 4.05. The zero-order valence-corrected chi connectivity index (χ0v) is 7.83. The van der Waals surface area contributed by atoms with E-state index in [0.717, 1.165) is 0 Å². The molecule has 0 bridgehead atoms. The van der Waals surface area contributed by atoms with E-state index < -0.39 is 22.4 Å². The van der Waals surface area contributed by atoms with Crippen LogP contribution in [-0.2, 0) is 9.63 Å². The fourth-order valence-electron chi connectivity index (χ4n) is 0.397. The standard InChI is InChI=1S/C4Cl2F5NO3/c5-3(9,4(6,10)11)2(7,8)1(13)15-12-14. The van der Waals surface area contributed by atoms with Crippen LogP contribution in [0.15, 0.2) is 5.34 Å². The van der Waals surface area contributed by atoms with Crippen molar-refractivity contribution in [3.05, 3.63) is 4.91 Å². The van der Waals surface area contributed by atoms with Gasteiger partial charge in [0, 0.05) is 0 Å². The van der Waals surface area contributed by atoms with E-state index in [9.17, 15) is 31.7 Å². The van der Waals surface area contributed by atoms with Crippen LogP contribution < -0.4 is 0 Å². The van der Waals surface area contributed by atoms with E-state index in [0.29, 0.717) is 0 Å². The van der Waals surface area contributed by atoms with Gasteiger partial charge in [0.15, 0.2) is 5.34 Å². The molecule has 0 aromatic heterocycles. The Morgan fingerprint density at radius 3 is 1.80 bits per heavy atom. The molecule has 0 aliphatic carbocycles. The molecular weight excluding hydrogens is 276 g/mol. The van der Waals surface area contributed by atoms with Gasteiger partial charge in [-0.3, -0.25) is 4.84 Å². The minimum absolute atomic E-state index is 1.20. The van der Waals surface area contributed by atoms with Gasteiger partial charge in [0.25, 0.3) is 0 Å². The zero-order chi connectivity index (χ0) is 12.5. The van der Waals surface area contributed by atoms with Crippen LogP contribution in [0.4, 0.5) is 22.0 Å². The summed E-state index contributed by atoms with van der Waals surface area (Å²) >= 11 is 8.01. The number of carbonyl (C=O) groups excluding carboxylic acids is 1. The van der Waals surface area contributed by atoms with Crippen molar-refractivity contribution in [2.45, 2.75) is 16.4 Å². The monoisotopic (exact) mass is 275 g/mol. The highest BCUT2D eigenvalue weighted by Crippen LogP contribution is 2.50. The second-order valence-electron chi connectivity index (χ2n) is 2.10. The molecule has 0 amide bonds. The molecule has 1 atom stereocenters. The zero-order valence-electron chi connectivity index (χ0n) is 6.32. The highest BCUT2D eigenvalue weighted by molar-refractivity contribution is 6.34. The number of rotatable bonds is 4. The fourth-order valence-corrected chi connectivity index (χ4v) is 0.593. The smallest absolute Gasteiger partial charge is 0.277 e. The third-order valence-corrected chi connectivity index (χ3v) is 1.96. The van der Waals surface area contributed by atoms with Crippen LogP contribution in [0, 0.1) is 4.91 Å². The lowest BCUT2D eigenvalue weighted by Gasteiger charge is -2.27. The molecular formula is C4Cl2F5NO3. The maximum Gasteiger partial charge on any atom is 0.412 e. The molecule has 15 heavy (non-hydrogen) atoms. The van der Waals surface area contributed by atoms with E-state index in [-0.39, 0.29) is 0 Å². The summed E-state index contributed by atoms with van der Waals surface area (Å²) in [6, 6.07) is 0. The Labute approximate surface area is 88.2 Å². The van der Waals surface area contributed by atoms with Crippen molar-refractivity contribution in [2.24, 2.45) is 5.34 Å². The van der Waals surface area contributed by atoms with Crippen LogP contribution in [0.3, 0.4) is 0 Å². The van der Waals surface area contributed by atoms with Crippen LogP contribution in [-0.4, -0.2) is 22.4 Å². The van der Waals surface area contributed by atoms with E-state index in [4.69, 9.17) is 0 Å². The molecule has 0 saturated heterocycles. The molecule has 0 aromatic carbocycles. The fraction of sp³-hybridized carbons (Fsp3) is 0.750. The van der Waals surface area contributed by atoms with E-state index in [1.165, 1.54) is 5.34 Å². The predicted octanol–water partition coefficient (Wildman–Crippen LogP) is 2.58. The Morgan fingerprint density at radius 2 is 1.53 bits per heavy atom. The summed E-state index contributed by atoms with van der Waals surface area (Å²) in [5, 5.41) is -9.31. The quantitative estimate of drug-likeness (QED) is 0.343. The van der Waals surface area contributed by atoms with E-state index in [1.807, 2.05) is 0 Å². The van der Waals surface area contributed by atoms with Gasteiger partial charge in [-0.1, -0.05) is 11.6 Å². The number of hydrogen-bond donors (Lipinski definition) is 0. The van der Waals surface area contributed by atoms with Crippen LogP contribution >= 0.6 is 23.2 Å². The molecule has 0 aliphatic rings. The molecule has 1 unspecified atom stereocenters. The molecule has 0 rings (SSSR count).